The van der Waals surface area contributed by atoms with Crippen LogP contribution in [0.5, 0.6) is 0 Å². The van der Waals surface area contributed by atoms with E-state index in [1.165, 1.54) is 0 Å². The highest BCUT2D eigenvalue weighted by atomic mass is 35.5. The van der Waals surface area contributed by atoms with Gasteiger partial charge in [0.05, 0.1) is 6.10 Å². The Morgan fingerprint density at radius 2 is 1.50 bits per heavy atom. The van der Waals surface area contributed by atoms with Crippen molar-refractivity contribution in [3.05, 3.63) is 46.4 Å². The van der Waals surface area contributed by atoms with E-state index in [0.717, 1.165) is 21.8 Å². The molecule has 2 nitrogen and oxygen atoms in total. The molecular formula is C19H21Cl2NOS. The van der Waals surface area contributed by atoms with Crippen molar-refractivity contribution in [2.45, 2.75) is 38.2 Å². The zero-order valence-corrected chi connectivity index (χ0v) is 16.3. The van der Waals surface area contributed by atoms with Crippen molar-refractivity contribution in [2.75, 3.05) is 5.75 Å². The van der Waals surface area contributed by atoms with E-state index >= 15 is 0 Å². The third-order valence-electron chi connectivity index (χ3n) is 3.89. The Balaban J connectivity index is 2.02. The van der Waals surface area contributed by atoms with Crippen molar-refractivity contribution in [1.82, 2.24) is 4.57 Å². The Morgan fingerprint density at radius 3 is 1.96 bits per heavy atom. The standard InChI is InChI=1S/C19H21Cl2NOS/c1-19(2,3)24-11-14(23)10-22-17-6-4-12(20)8-15(17)16-9-13(21)5-7-18(16)22/h4-9,14,23H,10-11H2,1-3H3/t14-/m1/s1. The van der Waals surface area contributed by atoms with E-state index < -0.39 is 6.10 Å². The predicted molar refractivity (Wildman–Crippen MR) is 108 cm³/mol. The molecule has 1 heterocycles. The van der Waals surface area contributed by atoms with Crippen molar-refractivity contribution in [1.29, 1.82) is 0 Å². The molecule has 0 unspecified atom stereocenters. The number of nitrogens with zero attached hydrogens (tertiary/aromatic N) is 1. The highest BCUT2D eigenvalue weighted by molar-refractivity contribution is 8.00. The van der Waals surface area contributed by atoms with Gasteiger partial charge in [-0.15, -0.1) is 0 Å². The molecule has 0 spiro atoms. The second-order valence-electron chi connectivity index (χ2n) is 7.01. The molecule has 3 aromatic rings. The average Bonchev–Trinajstić information content (AvgIpc) is 2.78. The molecule has 1 N–H and O–H groups in total. The topological polar surface area (TPSA) is 25.2 Å². The maximum absolute atomic E-state index is 10.5. The zero-order chi connectivity index (χ0) is 17.5. The third kappa shape index (κ3) is 3.85. The van der Waals surface area contributed by atoms with Crippen LogP contribution < -0.4 is 0 Å². The Kier molecular flexibility index (Phi) is 5.08. The van der Waals surface area contributed by atoms with Gasteiger partial charge in [-0.05, 0) is 36.4 Å². The van der Waals surface area contributed by atoms with Crippen molar-refractivity contribution in [3.63, 3.8) is 0 Å². The van der Waals surface area contributed by atoms with Crippen molar-refractivity contribution in [2.24, 2.45) is 0 Å². The maximum Gasteiger partial charge on any atom is 0.0809 e. The Bertz CT molecular complexity index is 823. The van der Waals surface area contributed by atoms with E-state index in [4.69, 9.17) is 23.2 Å². The fraction of sp³-hybridized carbons (Fsp3) is 0.368. The van der Waals surface area contributed by atoms with Gasteiger partial charge >= 0.3 is 0 Å². The number of aliphatic hydroxyl groups is 1. The lowest BCUT2D eigenvalue weighted by Gasteiger charge is -2.21. The van der Waals surface area contributed by atoms with E-state index in [1.54, 1.807) is 11.8 Å². The summed E-state index contributed by atoms with van der Waals surface area (Å²) in [4.78, 5) is 0. The first-order valence-corrected chi connectivity index (χ1v) is 9.68. The minimum Gasteiger partial charge on any atom is -0.390 e. The van der Waals surface area contributed by atoms with E-state index in [1.807, 2.05) is 36.4 Å². The molecular weight excluding hydrogens is 361 g/mol. The number of hydrogen-bond donors (Lipinski definition) is 1. The van der Waals surface area contributed by atoms with Crippen LogP contribution in [0.4, 0.5) is 0 Å². The van der Waals surface area contributed by atoms with Crippen LogP contribution in [0.1, 0.15) is 20.8 Å². The second kappa shape index (κ2) is 6.80. The number of halogens is 2. The van der Waals surface area contributed by atoms with Crippen LogP contribution in [0.15, 0.2) is 36.4 Å². The molecule has 0 aliphatic heterocycles. The second-order valence-corrected chi connectivity index (χ2v) is 9.73. The first-order valence-electron chi connectivity index (χ1n) is 7.93. The molecule has 0 radical (unpaired) electrons. The number of rotatable bonds is 4. The van der Waals surface area contributed by atoms with Gasteiger partial charge in [-0.2, -0.15) is 11.8 Å². The van der Waals surface area contributed by atoms with Gasteiger partial charge in [0.2, 0.25) is 0 Å². The summed E-state index contributed by atoms with van der Waals surface area (Å²) in [6, 6.07) is 11.7. The van der Waals surface area contributed by atoms with Gasteiger partial charge in [-0.3, -0.25) is 0 Å². The summed E-state index contributed by atoms with van der Waals surface area (Å²) in [6.07, 6.45) is -0.417. The molecule has 0 bridgehead atoms. The summed E-state index contributed by atoms with van der Waals surface area (Å²) in [5.41, 5.74) is 2.13. The third-order valence-corrected chi connectivity index (χ3v) is 5.78. The fourth-order valence-electron chi connectivity index (χ4n) is 2.85. The van der Waals surface area contributed by atoms with Crippen molar-refractivity contribution < 1.29 is 5.11 Å². The Labute approximate surface area is 156 Å². The molecule has 1 atom stereocenters. The summed E-state index contributed by atoms with van der Waals surface area (Å²) >= 11 is 14.1. The predicted octanol–water partition coefficient (Wildman–Crippen LogP) is 5.99. The van der Waals surface area contributed by atoms with Crippen LogP contribution in [0.25, 0.3) is 21.8 Å². The van der Waals surface area contributed by atoms with Gasteiger partial charge in [-0.25, -0.2) is 0 Å². The van der Waals surface area contributed by atoms with Crippen LogP contribution in [-0.4, -0.2) is 26.3 Å². The van der Waals surface area contributed by atoms with E-state index in [-0.39, 0.29) is 4.75 Å². The minimum absolute atomic E-state index is 0.142. The molecule has 0 fully saturated rings. The van der Waals surface area contributed by atoms with Crippen LogP contribution in [0.3, 0.4) is 0 Å². The Morgan fingerprint density at radius 1 is 1.00 bits per heavy atom. The molecule has 0 saturated carbocycles. The van der Waals surface area contributed by atoms with Gasteiger partial charge in [0.1, 0.15) is 0 Å². The van der Waals surface area contributed by atoms with Gasteiger partial charge in [0.15, 0.2) is 0 Å². The number of aromatic nitrogens is 1. The number of aliphatic hydroxyl groups excluding tert-OH is 1. The van der Waals surface area contributed by atoms with Gasteiger partial charge < -0.3 is 9.67 Å². The van der Waals surface area contributed by atoms with Gasteiger partial charge in [0.25, 0.3) is 0 Å². The summed E-state index contributed by atoms with van der Waals surface area (Å²) in [5.74, 6) is 0.700. The Hall–Kier alpha value is -0.870. The summed E-state index contributed by atoms with van der Waals surface area (Å²) < 4.78 is 2.30. The van der Waals surface area contributed by atoms with E-state index in [9.17, 15) is 5.11 Å². The zero-order valence-electron chi connectivity index (χ0n) is 14.0. The summed E-state index contributed by atoms with van der Waals surface area (Å²) in [5, 5.41) is 14.0. The summed E-state index contributed by atoms with van der Waals surface area (Å²) in [6.45, 7) is 7.03. The number of hydrogen-bond acceptors (Lipinski definition) is 2. The molecule has 0 aliphatic rings. The molecule has 24 heavy (non-hydrogen) atoms. The maximum atomic E-state index is 10.5. The summed E-state index contributed by atoms with van der Waals surface area (Å²) in [7, 11) is 0. The molecule has 128 valence electrons. The molecule has 5 heteroatoms. The molecule has 2 aromatic carbocycles. The highest BCUT2D eigenvalue weighted by Crippen LogP contribution is 2.33. The molecule has 0 saturated heterocycles. The minimum atomic E-state index is -0.417. The fourth-order valence-corrected chi connectivity index (χ4v) is 4.00. The average molecular weight is 382 g/mol. The van der Waals surface area contributed by atoms with Gasteiger partial charge in [-0.1, -0.05) is 44.0 Å². The first-order chi connectivity index (χ1) is 11.2. The number of fused-ring (bicyclic) bond motifs is 3. The van der Waals surface area contributed by atoms with Crippen molar-refractivity contribution in [3.8, 4) is 0 Å². The van der Waals surface area contributed by atoms with Gasteiger partial charge in [0, 0.05) is 48.9 Å². The van der Waals surface area contributed by atoms with Crippen LogP contribution in [-0.2, 0) is 6.54 Å². The quantitative estimate of drug-likeness (QED) is 0.599. The van der Waals surface area contributed by atoms with E-state index in [2.05, 4.69) is 25.3 Å². The van der Waals surface area contributed by atoms with Crippen molar-refractivity contribution >= 4 is 56.8 Å². The smallest absolute Gasteiger partial charge is 0.0809 e. The molecule has 0 amide bonds. The largest absolute Gasteiger partial charge is 0.390 e. The molecule has 1 aromatic heterocycles. The van der Waals surface area contributed by atoms with E-state index in [0.29, 0.717) is 22.3 Å². The normalized spacial score (nSPS) is 13.8. The first kappa shape index (κ1) is 17.9. The lowest BCUT2D eigenvalue weighted by atomic mass is 10.1. The monoisotopic (exact) mass is 381 g/mol. The number of thioether (sulfide) groups is 1. The highest BCUT2D eigenvalue weighted by Gasteiger charge is 2.17. The lowest BCUT2D eigenvalue weighted by Crippen LogP contribution is -2.21. The van der Waals surface area contributed by atoms with Crippen LogP contribution in [0, 0.1) is 0 Å². The molecule has 3 rings (SSSR count). The van der Waals surface area contributed by atoms with Crippen LogP contribution in [0.2, 0.25) is 10.0 Å². The lowest BCUT2D eigenvalue weighted by molar-refractivity contribution is 0.181. The number of benzene rings is 2. The molecule has 0 aliphatic carbocycles. The SMILES string of the molecule is CC(C)(C)SC[C@H](O)Cn1c2ccc(Cl)cc2c2cc(Cl)ccc21. The van der Waals surface area contributed by atoms with Crippen LogP contribution >= 0.6 is 35.0 Å².